The number of amides is 1. The molecule has 0 spiro atoms. The van der Waals surface area contributed by atoms with Gasteiger partial charge >= 0.3 is 0 Å². The molecule has 4 nitrogen and oxygen atoms in total. The van der Waals surface area contributed by atoms with E-state index in [9.17, 15) is 9.90 Å². The van der Waals surface area contributed by atoms with Crippen molar-refractivity contribution in [1.29, 1.82) is 0 Å². The molecule has 2 fully saturated rings. The van der Waals surface area contributed by atoms with Gasteiger partial charge in [0.25, 0.3) is 0 Å². The Kier molecular flexibility index (Phi) is 4.90. The van der Waals surface area contributed by atoms with Crippen LogP contribution in [-0.4, -0.2) is 30.8 Å². The fourth-order valence-electron chi connectivity index (χ4n) is 3.76. The first kappa shape index (κ1) is 16.3. The van der Waals surface area contributed by atoms with Crippen LogP contribution in [0.25, 0.3) is 0 Å². The Hall–Kier alpha value is -1.55. The van der Waals surface area contributed by atoms with Gasteiger partial charge in [0.2, 0.25) is 5.91 Å². The largest absolute Gasteiger partial charge is 0.497 e. The first-order valence-electron chi connectivity index (χ1n) is 8.76. The van der Waals surface area contributed by atoms with E-state index in [0.717, 1.165) is 49.8 Å². The third-order valence-electron chi connectivity index (χ3n) is 5.48. The standard InChI is InChI=1S/C19H27NO3/c1-23-16-7-4-6-15(13-16)19(10-11-19)18(22)20-12-9-14-5-2-3-8-17(14)21/h4,6-7,13-14,17,21H,2-3,5,8-12H2,1H3,(H,20,22)/t14-,17-/m0/s1. The second-order valence-electron chi connectivity index (χ2n) is 6.97. The summed E-state index contributed by atoms with van der Waals surface area (Å²) >= 11 is 0. The lowest BCUT2D eigenvalue weighted by molar-refractivity contribution is -0.123. The molecule has 2 aliphatic rings. The predicted molar refractivity (Wildman–Crippen MR) is 89.5 cm³/mol. The number of benzene rings is 1. The van der Waals surface area contributed by atoms with E-state index in [2.05, 4.69) is 5.32 Å². The molecule has 0 aliphatic heterocycles. The van der Waals surface area contributed by atoms with Gasteiger partial charge in [-0.3, -0.25) is 4.79 Å². The number of aliphatic hydroxyl groups is 1. The van der Waals surface area contributed by atoms with E-state index in [4.69, 9.17) is 4.74 Å². The zero-order chi connectivity index (χ0) is 16.3. The molecule has 1 aromatic rings. The minimum atomic E-state index is -0.361. The zero-order valence-corrected chi connectivity index (χ0v) is 13.9. The van der Waals surface area contributed by atoms with Crippen LogP contribution in [0, 0.1) is 5.92 Å². The molecular formula is C19H27NO3. The average molecular weight is 317 g/mol. The Bertz CT molecular complexity index is 553. The predicted octanol–water partition coefficient (Wildman–Crippen LogP) is 2.78. The molecule has 0 radical (unpaired) electrons. The monoisotopic (exact) mass is 317 g/mol. The van der Waals surface area contributed by atoms with E-state index >= 15 is 0 Å². The lowest BCUT2D eigenvalue weighted by Crippen LogP contribution is -2.37. The molecule has 4 heteroatoms. The minimum Gasteiger partial charge on any atom is -0.497 e. The van der Waals surface area contributed by atoms with Crippen LogP contribution < -0.4 is 10.1 Å². The van der Waals surface area contributed by atoms with Crippen LogP contribution in [0.1, 0.15) is 50.5 Å². The number of nitrogens with one attached hydrogen (secondary N) is 1. The number of methoxy groups -OCH3 is 1. The number of aliphatic hydroxyl groups excluding tert-OH is 1. The van der Waals surface area contributed by atoms with Gasteiger partial charge in [-0.05, 0) is 55.7 Å². The van der Waals surface area contributed by atoms with Crippen molar-refractivity contribution in [3.8, 4) is 5.75 Å². The highest BCUT2D eigenvalue weighted by Crippen LogP contribution is 2.49. The summed E-state index contributed by atoms with van der Waals surface area (Å²) in [6, 6.07) is 7.83. The number of hydrogen-bond acceptors (Lipinski definition) is 3. The van der Waals surface area contributed by atoms with Gasteiger partial charge in [0, 0.05) is 6.54 Å². The van der Waals surface area contributed by atoms with Crippen LogP contribution in [0.15, 0.2) is 24.3 Å². The molecule has 2 aliphatic carbocycles. The van der Waals surface area contributed by atoms with Gasteiger partial charge < -0.3 is 15.2 Å². The second kappa shape index (κ2) is 6.91. The first-order chi connectivity index (χ1) is 11.2. The van der Waals surface area contributed by atoms with E-state index in [0.29, 0.717) is 12.5 Å². The van der Waals surface area contributed by atoms with E-state index in [1.54, 1.807) is 7.11 Å². The SMILES string of the molecule is COc1cccc(C2(C(=O)NCC[C@@H]3CCCC[C@@H]3O)CC2)c1. The van der Waals surface area contributed by atoms with Crippen molar-refractivity contribution in [3.05, 3.63) is 29.8 Å². The summed E-state index contributed by atoms with van der Waals surface area (Å²) in [6.07, 6.45) is 6.81. The topological polar surface area (TPSA) is 58.6 Å². The second-order valence-corrected chi connectivity index (χ2v) is 6.97. The summed E-state index contributed by atoms with van der Waals surface area (Å²) in [5, 5.41) is 13.1. The molecule has 2 atom stereocenters. The average Bonchev–Trinajstić information content (AvgIpc) is 3.38. The summed E-state index contributed by atoms with van der Waals surface area (Å²) in [7, 11) is 1.65. The molecule has 23 heavy (non-hydrogen) atoms. The van der Waals surface area contributed by atoms with Crippen molar-refractivity contribution in [3.63, 3.8) is 0 Å². The summed E-state index contributed by atoms with van der Waals surface area (Å²) in [6.45, 7) is 0.659. The Labute approximate surface area is 138 Å². The Balaban J connectivity index is 1.55. The van der Waals surface area contributed by atoms with Gasteiger partial charge in [0.15, 0.2) is 0 Å². The van der Waals surface area contributed by atoms with Gasteiger partial charge in [0.05, 0.1) is 18.6 Å². The molecule has 2 saturated carbocycles. The summed E-state index contributed by atoms with van der Waals surface area (Å²) in [5.41, 5.74) is 0.687. The van der Waals surface area contributed by atoms with Crippen molar-refractivity contribution in [2.45, 2.75) is 56.5 Å². The molecule has 0 bridgehead atoms. The molecule has 126 valence electrons. The molecule has 1 aromatic carbocycles. The highest BCUT2D eigenvalue weighted by molar-refractivity contribution is 5.91. The number of hydrogen-bond donors (Lipinski definition) is 2. The highest BCUT2D eigenvalue weighted by Gasteiger charge is 2.51. The lowest BCUT2D eigenvalue weighted by atomic mass is 9.84. The van der Waals surface area contributed by atoms with Crippen LogP contribution in [0.5, 0.6) is 5.75 Å². The van der Waals surface area contributed by atoms with E-state index < -0.39 is 0 Å². The summed E-state index contributed by atoms with van der Waals surface area (Å²) in [4.78, 5) is 12.6. The minimum absolute atomic E-state index is 0.121. The maximum absolute atomic E-state index is 12.6. The lowest BCUT2D eigenvalue weighted by Gasteiger charge is -2.27. The molecule has 0 saturated heterocycles. The molecule has 3 rings (SSSR count). The number of carbonyl (C=O) groups excluding carboxylic acids is 1. The van der Waals surface area contributed by atoms with Crippen LogP contribution >= 0.6 is 0 Å². The molecule has 0 aromatic heterocycles. The van der Waals surface area contributed by atoms with Crippen molar-refractivity contribution in [2.75, 3.05) is 13.7 Å². The maximum atomic E-state index is 12.6. The quantitative estimate of drug-likeness (QED) is 0.848. The zero-order valence-electron chi connectivity index (χ0n) is 13.9. The Morgan fingerprint density at radius 2 is 2.13 bits per heavy atom. The smallest absolute Gasteiger partial charge is 0.230 e. The van der Waals surface area contributed by atoms with Crippen LogP contribution in [0.2, 0.25) is 0 Å². The first-order valence-corrected chi connectivity index (χ1v) is 8.76. The van der Waals surface area contributed by atoms with Crippen molar-refractivity contribution >= 4 is 5.91 Å². The number of rotatable bonds is 6. The number of carbonyl (C=O) groups is 1. The molecule has 0 heterocycles. The van der Waals surface area contributed by atoms with Crippen LogP contribution in [0.3, 0.4) is 0 Å². The van der Waals surface area contributed by atoms with Gasteiger partial charge in [-0.25, -0.2) is 0 Å². The van der Waals surface area contributed by atoms with Gasteiger partial charge in [0.1, 0.15) is 5.75 Å². The summed E-state index contributed by atoms with van der Waals surface area (Å²) in [5.74, 6) is 1.26. The van der Waals surface area contributed by atoms with Crippen LogP contribution in [-0.2, 0) is 10.2 Å². The maximum Gasteiger partial charge on any atom is 0.230 e. The molecule has 1 amide bonds. The van der Waals surface area contributed by atoms with E-state index in [-0.39, 0.29) is 17.4 Å². The van der Waals surface area contributed by atoms with Crippen LogP contribution in [0.4, 0.5) is 0 Å². The fourth-order valence-corrected chi connectivity index (χ4v) is 3.76. The van der Waals surface area contributed by atoms with E-state index in [1.165, 1.54) is 6.42 Å². The summed E-state index contributed by atoms with van der Waals surface area (Å²) < 4.78 is 5.27. The Morgan fingerprint density at radius 1 is 1.35 bits per heavy atom. The fraction of sp³-hybridized carbons (Fsp3) is 0.632. The highest BCUT2D eigenvalue weighted by atomic mass is 16.5. The molecule has 2 N–H and O–H groups in total. The number of ether oxygens (including phenoxy) is 1. The Morgan fingerprint density at radius 3 is 2.83 bits per heavy atom. The van der Waals surface area contributed by atoms with Gasteiger partial charge in [-0.15, -0.1) is 0 Å². The molecular weight excluding hydrogens is 290 g/mol. The van der Waals surface area contributed by atoms with Crippen molar-refractivity contribution < 1.29 is 14.6 Å². The van der Waals surface area contributed by atoms with Crippen molar-refractivity contribution in [2.24, 2.45) is 5.92 Å². The third-order valence-corrected chi connectivity index (χ3v) is 5.48. The van der Waals surface area contributed by atoms with Gasteiger partial charge in [-0.2, -0.15) is 0 Å². The normalized spacial score (nSPS) is 25.7. The third kappa shape index (κ3) is 3.52. The molecule has 0 unspecified atom stereocenters. The van der Waals surface area contributed by atoms with Crippen molar-refractivity contribution in [1.82, 2.24) is 5.32 Å². The van der Waals surface area contributed by atoms with Gasteiger partial charge in [-0.1, -0.05) is 25.0 Å². The van der Waals surface area contributed by atoms with E-state index in [1.807, 2.05) is 24.3 Å².